The normalized spacial score (nSPS) is 12.1. The fraction of sp³-hybridized carbons (Fsp3) is 0.417. The molecule has 1 aromatic rings. The molecule has 0 aliphatic heterocycles. The fourth-order valence-corrected chi connectivity index (χ4v) is 1.39. The predicted molar refractivity (Wildman–Crippen MR) is 63.6 cm³/mol. The lowest BCUT2D eigenvalue weighted by molar-refractivity contribution is 0.506. The topological polar surface area (TPSA) is 24.9 Å². The largest absolute Gasteiger partial charge is 0.309 e. The highest BCUT2D eigenvalue weighted by atomic mass is 35.5. The molecule has 0 aliphatic carbocycles. The van der Waals surface area contributed by atoms with E-state index in [0.29, 0.717) is 11.2 Å². The summed E-state index contributed by atoms with van der Waals surface area (Å²) >= 11 is 5.69. The molecule has 1 atom stereocenters. The van der Waals surface area contributed by atoms with Gasteiger partial charge < -0.3 is 5.32 Å². The Morgan fingerprint density at radius 1 is 1.60 bits per heavy atom. The molecule has 0 radical (unpaired) electrons. The summed E-state index contributed by atoms with van der Waals surface area (Å²) in [4.78, 5) is 4.01. The average molecular weight is 223 g/mol. The molecule has 3 heteroatoms. The number of terminal acetylenes is 1. The molecule has 1 unspecified atom stereocenters. The van der Waals surface area contributed by atoms with Gasteiger partial charge in [-0.2, -0.15) is 0 Å². The highest BCUT2D eigenvalue weighted by molar-refractivity contribution is 6.29. The van der Waals surface area contributed by atoms with E-state index in [1.54, 1.807) is 12.3 Å². The number of rotatable bonds is 5. The first-order chi connectivity index (χ1) is 7.26. The predicted octanol–water partition coefficient (Wildman–Crippen LogP) is 2.63. The fourth-order valence-electron chi connectivity index (χ4n) is 1.28. The van der Waals surface area contributed by atoms with E-state index in [9.17, 15) is 0 Å². The van der Waals surface area contributed by atoms with Crippen LogP contribution in [0.3, 0.4) is 0 Å². The van der Waals surface area contributed by atoms with Crippen LogP contribution in [0, 0.1) is 12.3 Å². The van der Waals surface area contributed by atoms with Crippen LogP contribution >= 0.6 is 11.6 Å². The Hall–Kier alpha value is -1.04. The number of aromatic nitrogens is 1. The maximum absolute atomic E-state index is 5.69. The van der Waals surface area contributed by atoms with E-state index in [1.165, 1.54) is 0 Å². The molecule has 1 aromatic heterocycles. The Balaban J connectivity index is 2.42. The molecule has 80 valence electrons. The number of hydrogen-bond donors (Lipinski definition) is 1. The van der Waals surface area contributed by atoms with Crippen LogP contribution in [0.4, 0.5) is 0 Å². The van der Waals surface area contributed by atoms with E-state index < -0.39 is 0 Å². The number of hydrogen-bond acceptors (Lipinski definition) is 2. The lowest BCUT2D eigenvalue weighted by atomic mass is 10.1. The highest BCUT2D eigenvalue weighted by Crippen LogP contribution is 2.06. The molecule has 1 rings (SSSR count). The third kappa shape index (κ3) is 4.33. The van der Waals surface area contributed by atoms with Crippen LogP contribution < -0.4 is 5.32 Å². The number of pyridine rings is 1. The van der Waals surface area contributed by atoms with Gasteiger partial charge in [0.05, 0.1) is 0 Å². The second kappa shape index (κ2) is 6.44. The summed E-state index contributed by atoms with van der Waals surface area (Å²) in [5, 5.41) is 3.90. The maximum Gasteiger partial charge on any atom is 0.129 e. The zero-order valence-electron chi connectivity index (χ0n) is 8.83. The molecule has 2 nitrogen and oxygen atoms in total. The van der Waals surface area contributed by atoms with Crippen LogP contribution in [0.5, 0.6) is 0 Å². The summed E-state index contributed by atoms with van der Waals surface area (Å²) in [6.07, 6.45) is 8.84. The number of nitrogens with zero attached hydrogens (tertiary/aromatic N) is 1. The minimum absolute atomic E-state index is 0.380. The highest BCUT2D eigenvalue weighted by Gasteiger charge is 2.03. The van der Waals surface area contributed by atoms with Crippen molar-refractivity contribution in [1.29, 1.82) is 0 Å². The molecule has 0 bridgehead atoms. The quantitative estimate of drug-likeness (QED) is 0.612. The van der Waals surface area contributed by atoms with E-state index in [1.807, 2.05) is 6.07 Å². The Morgan fingerprint density at radius 2 is 2.40 bits per heavy atom. The van der Waals surface area contributed by atoms with Gasteiger partial charge in [-0.3, -0.25) is 0 Å². The monoisotopic (exact) mass is 222 g/mol. The Bertz CT molecular complexity index is 326. The zero-order chi connectivity index (χ0) is 11.1. The van der Waals surface area contributed by atoms with E-state index in [4.69, 9.17) is 18.0 Å². The van der Waals surface area contributed by atoms with Crippen molar-refractivity contribution in [3.05, 3.63) is 29.0 Å². The van der Waals surface area contributed by atoms with Gasteiger partial charge in [-0.05, 0) is 18.1 Å². The zero-order valence-corrected chi connectivity index (χ0v) is 9.59. The van der Waals surface area contributed by atoms with Gasteiger partial charge in [0.15, 0.2) is 0 Å². The molecule has 0 fully saturated rings. The third-order valence-corrected chi connectivity index (χ3v) is 2.46. The molecule has 15 heavy (non-hydrogen) atoms. The molecule has 0 amide bonds. The second-order valence-corrected chi connectivity index (χ2v) is 3.77. The van der Waals surface area contributed by atoms with Crippen molar-refractivity contribution in [3.8, 4) is 12.3 Å². The van der Waals surface area contributed by atoms with Gasteiger partial charge in [0, 0.05) is 25.2 Å². The van der Waals surface area contributed by atoms with Crippen molar-refractivity contribution in [2.24, 2.45) is 0 Å². The van der Waals surface area contributed by atoms with Crippen LogP contribution in [0.15, 0.2) is 18.3 Å². The first-order valence-electron chi connectivity index (χ1n) is 5.03. The molecular weight excluding hydrogens is 208 g/mol. The molecule has 0 spiro atoms. The SMILES string of the molecule is C#CCC(CC)NCc1ccc(Cl)nc1. The number of nitrogens with one attached hydrogen (secondary N) is 1. The van der Waals surface area contributed by atoms with Crippen molar-refractivity contribution in [2.45, 2.75) is 32.4 Å². The molecule has 0 saturated carbocycles. The summed E-state index contributed by atoms with van der Waals surface area (Å²) in [7, 11) is 0. The lowest BCUT2D eigenvalue weighted by Crippen LogP contribution is -2.27. The van der Waals surface area contributed by atoms with Crippen LogP contribution in [0.2, 0.25) is 5.15 Å². The van der Waals surface area contributed by atoms with Crippen molar-refractivity contribution >= 4 is 11.6 Å². The molecule has 0 aliphatic rings. The lowest BCUT2D eigenvalue weighted by Gasteiger charge is -2.13. The summed E-state index contributed by atoms with van der Waals surface area (Å²) in [5.74, 6) is 2.66. The van der Waals surface area contributed by atoms with Gasteiger partial charge >= 0.3 is 0 Å². The van der Waals surface area contributed by atoms with E-state index in [0.717, 1.165) is 24.9 Å². The van der Waals surface area contributed by atoms with Gasteiger partial charge in [0.2, 0.25) is 0 Å². The summed E-state index contributed by atoms with van der Waals surface area (Å²) < 4.78 is 0. The minimum Gasteiger partial charge on any atom is -0.309 e. The van der Waals surface area contributed by atoms with Gasteiger partial charge in [-0.15, -0.1) is 12.3 Å². The minimum atomic E-state index is 0.380. The molecular formula is C12H15ClN2. The van der Waals surface area contributed by atoms with E-state index in [-0.39, 0.29) is 0 Å². The van der Waals surface area contributed by atoms with Gasteiger partial charge in [-0.1, -0.05) is 24.6 Å². The first kappa shape index (κ1) is 12.0. The molecule has 0 aromatic carbocycles. The Morgan fingerprint density at radius 3 is 2.93 bits per heavy atom. The van der Waals surface area contributed by atoms with Crippen molar-refractivity contribution in [1.82, 2.24) is 10.3 Å². The first-order valence-corrected chi connectivity index (χ1v) is 5.41. The third-order valence-electron chi connectivity index (χ3n) is 2.24. The van der Waals surface area contributed by atoms with E-state index in [2.05, 4.69) is 23.1 Å². The second-order valence-electron chi connectivity index (χ2n) is 3.38. The Kier molecular flexibility index (Phi) is 5.17. The smallest absolute Gasteiger partial charge is 0.129 e. The van der Waals surface area contributed by atoms with Crippen LogP contribution in [-0.4, -0.2) is 11.0 Å². The average Bonchev–Trinajstić information content (AvgIpc) is 2.26. The Labute approximate surface area is 96.1 Å². The summed E-state index contributed by atoms with van der Waals surface area (Å²) in [6, 6.07) is 4.14. The summed E-state index contributed by atoms with van der Waals surface area (Å²) in [5.41, 5.74) is 1.12. The van der Waals surface area contributed by atoms with Crippen LogP contribution in [0.25, 0.3) is 0 Å². The van der Waals surface area contributed by atoms with Crippen molar-refractivity contribution in [3.63, 3.8) is 0 Å². The van der Waals surface area contributed by atoms with Crippen LogP contribution in [-0.2, 0) is 6.54 Å². The standard InChI is InChI=1S/C12H15ClN2/c1-3-5-11(4-2)14-8-10-6-7-12(13)15-9-10/h1,6-7,9,11,14H,4-5,8H2,2H3. The van der Waals surface area contributed by atoms with Gasteiger partial charge in [-0.25, -0.2) is 4.98 Å². The van der Waals surface area contributed by atoms with E-state index >= 15 is 0 Å². The molecule has 1 N–H and O–H groups in total. The van der Waals surface area contributed by atoms with Crippen molar-refractivity contribution in [2.75, 3.05) is 0 Å². The molecule has 0 saturated heterocycles. The summed E-state index contributed by atoms with van der Waals surface area (Å²) in [6.45, 7) is 2.90. The molecule has 1 heterocycles. The van der Waals surface area contributed by atoms with Crippen LogP contribution in [0.1, 0.15) is 25.3 Å². The van der Waals surface area contributed by atoms with Crippen molar-refractivity contribution < 1.29 is 0 Å². The maximum atomic E-state index is 5.69. The number of halogens is 1. The van der Waals surface area contributed by atoms with Gasteiger partial charge in [0.1, 0.15) is 5.15 Å². The van der Waals surface area contributed by atoms with Gasteiger partial charge in [0.25, 0.3) is 0 Å².